The number of phosphoric ester groups is 1. The van der Waals surface area contributed by atoms with Crippen LogP contribution in [0.25, 0.3) is 0 Å². The number of thioether (sulfide) groups is 2. The van der Waals surface area contributed by atoms with E-state index in [0.717, 1.165) is 23.5 Å². The maximum Gasteiger partial charge on any atom is 0.474 e. The number of pyridine rings is 1. The van der Waals surface area contributed by atoms with Crippen LogP contribution < -0.4 is 10.3 Å². The van der Waals surface area contributed by atoms with Gasteiger partial charge in [0.1, 0.15) is 17.8 Å². The maximum absolute atomic E-state index is 13.4. The Morgan fingerprint density at radius 1 is 0.975 bits per heavy atom. The first-order chi connectivity index (χ1) is 18.4. The van der Waals surface area contributed by atoms with Gasteiger partial charge < -0.3 is 20.7 Å². The van der Waals surface area contributed by atoms with Gasteiger partial charge in [0.25, 0.3) is 12.1 Å². The van der Waals surface area contributed by atoms with Crippen LogP contribution in [-0.4, -0.2) is 76.0 Å². The minimum absolute atomic E-state index is 0.0646. The number of nitrogens with zero attached hydrogens (tertiary/aromatic N) is 1. The van der Waals surface area contributed by atoms with E-state index >= 15 is 0 Å². The summed E-state index contributed by atoms with van der Waals surface area (Å²) in [6.07, 6.45) is -2.13. The first-order valence-electron chi connectivity index (χ1n) is 12.6. The van der Waals surface area contributed by atoms with E-state index in [2.05, 4.69) is 0 Å². The molecule has 4 N–H and O–H groups in total. The number of hydrogen-bond donors (Lipinski definition) is 3. The van der Waals surface area contributed by atoms with Crippen molar-refractivity contribution in [1.29, 1.82) is 0 Å². The summed E-state index contributed by atoms with van der Waals surface area (Å²) < 4.78 is 36.9. The van der Waals surface area contributed by atoms with Gasteiger partial charge in [-0.15, -0.1) is 0 Å². The molecular weight excluding hydrogens is 583 g/mol. The van der Waals surface area contributed by atoms with Gasteiger partial charge in [0.2, 0.25) is 0 Å². The summed E-state index contributed by atoms with van der Waals surface area (Å²) in [6, 6.07) is 3.02. The second-order valence-corrected chi connectivity index (χ2v) is 14.9. The molecular formula is C25H40N2O10PS2+. The largest absolute Gasteiger partial charge is 0.474 e. The van der Waals surface area contributed by atoms with Crippen LogP contribution in [0.4, 0.5) is 0 Å². The van der Waals surface area contributed by atoms with Crippen LogP contribution in [0.2, 0.25) is 0 Å². The highest BCUT2D eigenvalue weighted by Gasteiger charge is 2.49. The number of carbonyl (C=O) groups is 3. The Kier molecular flexibility index (Phi) is 12.8. The van der Waals surface area contributed by atoms with Crippen LogP contribution in [0.5, 0.6) is 0 Å². The molecule has 1 aromatic rings. The first-order valence-corrected chi connectivity index (χ1v) is 16.1. The van der Waals surface area contributed by atoms with Gasteiger partial charge in [-0.25, -0.2) is 4.57 Å². The summed E-state index contributed by atoms with van der Waals surface area (Å²) >= 11 is 2.05. The van der Waals surface area contributed by atoms with E-state index in [1.165, 1.54) is 29.1 Å². The summed E-state index contributed by atoms with van der Waals surface area (Å²) in [7, 11) is -4.22. The average molecular weight is 624 g/mol. The Balaban J connectivity index is 2.04. The van der Waals surface area contributed by atoms with Crippen molar-refractivity contribution < 1.29 is 52.0 Å². The molecule has 0 aromatic carbocycles. The van der Waals surface area contributed by atoms with E-state index < -0.39 is 55.7 Å². The minimum Gasteiger partial charge on any atom is -0.387 e. The molecule has 2 rings (SSSR count). The van der Waals surface area contributed by atoms with Crippen molar-refractivity contribution in [2.24, 2.45) is 16.6 Å². The number of amides is 1. The molecule has 2 heterocycles. The maximum atomic E-state index is 13.4. The molecule has 1 saturated heterocycles. The van der Waals surface area contributed by atoms with Gasteiger partial charge in [-0.1, -0.05) is 65.1 Å². The van der Waals surface area contributed by atoms with Crippen molar-refractivity contribution in [2.75, 3.05) is 31.3 Å². The second kappa shape index (κ2) is 14.7. The molecule has 1 unspecified atom stereocenters. The molecule has 0 aliphatic carbocycles. The van der Waals surface area contributed by atoms with E-state index in [-0.39, 0.29) is 40.5 Å². The van der Waals surface area contributed by atoms with Gasteiger partial charge in [-0.3, -0.25) is 28.0 Å². The zero-order valence-electron chi connectivity index (χ0n) is 23.6. The highest BCUT2D eigenvalue weighted by molar-refractivity contribution is 8.14. The molecule has 40 heavy (non-hydrogen) atoms. The molecule has 15 heteroatoms. The Morgan fingerprint density at radius 2 is 1.50 bits per heavy atom. The van der Waals surface area contributed by atoms with Crippen molar-refractivity contribution in [1.82, 2.24) is 0 Å². The number of primary amides is 1. The number of carbonyl (C=O) groups excluding carboxylic acids is 3. The van der Waals surface area contributed by atoms with Gasteiger partial charge in [-0.2, -0.15) is 4.57 Å². The topological polar surface area (TPSA) is 176 Å². The molecule has 226 valence electrons. The average Bonchev–Trinajstić information content (AvgIpc) is 3.15. The number of phosphoric acid groups is 1. The number of hydrogen-bond acceptors (Lipinski definition) is 12. The number of rotatable bonds is 13. The Hall–Kier alpha value is -1.35. The van der Waals surface area contributed by atoms with Crippen molar-refractivity contribution >= 4 is 47.5 Å². The second-order valence-electron chi connectivity index (χ2n) is 11.1. The van der Waals surface area contributed by atoms with Crippen LogP contribution in [0.15, 0.2) is 24.5 Å². The van der Waals surface area contributed by atoms with Gasteiger partial charge in [0.05, 0.1) is 19.8 Å². The molecule has 1 amide bonds. The van der Waals surface area contributed by atoms with E-state index in [1.807, 2.05) is 0 Å². The number of nitrogens with two attached hydrogens (primary N) is 1. The summed E-state index contributed by atoms with van der Waals surface area (Å²) in [4.78, 5) is 35.8. The highest BCUT2D eigenvalue weighted by Crippen LogP contribution is 2.50. The summed E-state index contributed by atoms with van der Waals surface area (Å²) in [5, 5.41) is 21.0. The highest BCUT2D eigenvalue weighted by atomic mass is 32.2. The molecule has 1 aliphatic rings. The van der Waals surface area contributed by atoms with Crippen molar-refractivity contribution in [3.63, 3.8) is 0 Å². The van der Waals surface area contributed by atoms with Crippen LogP contribution >= 0.6 is 31.3 Å². The standard InChI is InChI=1S/C25H39N2O10PS2/c1-24(2,3)22(31)39-12-10-34-38(33,35-11-13-40-23(32)25(4,5)6)36-15-17-18(28)19(29)21(37-17)27-9-7-8-16(14-27)20(26)30/h7-9,14,17-19,21,28-29H,10-13,15H2,1-6H3,(H-,26,30)/p+1/t17-,18+,19?,21-/m1/s1. The Morgan fingerprint density at radius 3 is 1.98 bits per heavy atom. The van der Waals surface area contributed by atoms with Crippen LogP contribution in [0.3, 0.4) is 0 Å². The predicted molar refractivity (Wildman–Crippen MR) is 150 cm³/mol. The molecule has 1 fully saturated rings. The van der Waals surface area contributed by atoms with E-state index in [0.29, 0.717) is 0 Å². The quantitative estimate of drug-likeness (QED) is 0.167. The summed E-state index contributed by atoms with van der Waals surface area (Å²) in [6.45, 7) is 9.98. The third-order valence-electron chi connectivity index (χ3n) is 5.49. The molecule has 0 bridgehead atoms. The van der Waals surface area contributed by atoms with Crippen LogP contribution in [0.1, 0.15) is 58.1 Å². The number of aliphatic hydroxyl groups excluding tert-OH is 2. The van der Waals surface area contributed by atoms with Gasteiger partial charge in [0.15, 0.2) is 28.7 Å². The zero-order chi connectivity index (χ0) is 30.3. The fourth-order valence-electron chi connectivity index (χ4n) is 3.19. The van der Waals surface area contributed by atoms with Gasteiger partial charge in [0, 0.05) is 28.4 Å². The van der Waals surface area contributed by atoms with Crippen LogP contribution in [0, 0.1) is 10.8 Å². The van der Waals surface area contributed by atoms with E-state index in [4.69, 9.17) is 24.0 Å². The first kappa shape index (κ1) is 34.8. The zero-order valence-corrected chi connectivity index (χ0v) is 26.1. The molecule has 0 spiro atoms. The lowest BCUT2D eigenvalue weighted by Gasteiger charge is -2.21. The number of ether oxygens (including phenoxy) is 1. The molecule has 4 atom stereocenters. The van der Waals surface area contributed by atoms with Crippen molar-refractivity contribution in [3.05, 3.63) is 30.1 Å². The summed E-state index contributed by atoms with van der Waals surface area (Å²) in [5.41, 5.74) is 4.38. The fraction of sp³-hybridized carbons (Fsp3) is 0.680. The third kappa shape index (κ3) is 10.5. The third-order valence-corrected chi connectivity index (χ3v) is 9.44. The minimum atomic E-state index is -4.22. The SMILES string of the molecule is CC(C)(C)C(=O)SCCOP(=O)(OCCSC(=O)C(C)(C)C)OC[C@H]1O[C@@H]([n+]2cccc(C(N)=O)c2)C(O)[C@H]1O. The van der Waals surface area contributed by atoms with Gasteiger partial charge in [-0.05, 0) is 6.07 Å². The van der Waals surface area contributed by atoms with Crippen molar-refractivity contribution in [2.45, 2.75) is 66.1 Å². The summed E-state index contributed by atoms with van der Waals surface area (Å²) in [5.74, 6) is -0.289. The lowest BCUT2D eigenvalue weighted by atomic mass is 9.99. The molecule has 1 aromatic heterocycles. The van der Waals surface area contributed by atoms with E-state index in [9.17, 15) is 29.2 Å². The number of aromatic nitrogens is 1. The Labute approximate surface area is 243 Å². The van der Waals surface area contributed by atoms with E-state index in [1.54, 1.807) is 41.5 Å². The molecule has 12 nitrogen and oxygen atoms in total. The fourth-order valence-corrected chi connectivity index (χ4v) is 6.19. The molecule has 0 saturated carbocycles. The smallest absolute Gasteiger partial charge is 0.387 e. The lowest BCUT2D eigenvalue weighted by molar-refractivity contribution is -0.765. The predicted octanol–water partition coefficient (Wildman–Crippen LogP) is 2.46. The van der Waals surface area contributed by atoms with Crippen LogP contribution in [-0.2, 0) is 32.5 Å². The molecule has 1 aliphatic heterocycles. The van der Waals surface area contributed by atoms with Gasteiger partial charge >= 0.3 is 7.82 Å². The van der Waals surface area contributed by atoms with Crippen molar-refractivity contribution in [3.8, 4) is 0 Å². The molecule has 0 radical (unpaired) electrons. The monoisotopic (exact) mass is 623 g/mol. The Bertz CT molecular complexity index is 1050. The normalized spacial score (nSPS) is 21.9. The lowest BCUT2D eigenvalue weighted by Crippen LogP contribution is -2.46. The number of aliphatic hydroxyl groups is 2.